The molecule has 4 nitrogen and oxygen atoms in total. The van der Waals surface area contributed by atoms with Gasteiger partial charge in [0.05, 0.1) is 5.92 Å². The van der Waals surface area contributed by atoms with Crippen molar-refractivity contribution >= 4 is 11.8 Å². The lowest BCUT2D eigenvalue weighted by atomic mass is 9.93. The molecule has 1 unspecified atom stereocenters. The van der Waals surface area contributed by atoms with Gasteiger partial charge in [0.2, 0.25) is 11.8 Å². The van der Waals surface area contributed by atoms with Gasteiger partial charge < -0.3 is 11.5 Å². The second-order valence-corrected chi connectivity index (χ2v) is 5.49. The Hall–Kier alpha value is -2.62. The van der Waals surface area contributed by atoms with Gasteiger partial charge >= 0.3 is 0 Å². The van der Waals surface area contributed by atoms with E-state index in [1.165, 1.54) is 11.1 Å². The van der Waals surface area contributed by atoms with E-state index in [0.717, 1.165) is 11.1 Å². The summed E-state index contributed by atoms with van der Waals surface area (Å²) in [4.78, 5) is 22.4. The largest absolute Gasteiger partial charge is 0.370 e. The van der Waals surface area contributed by atoms with Crippen LogP contribution in [-0.2, 0) is 16.0 Å². The normalized spacial score (nSPS) is 11.9. The molecule has 2 aromatic rings. The lowest BCUT2D eigenvalue weighted by Crippen LogP contribution is -2.29. The number of hydrogen-bond acceptors (Lipinski definition) is 2. The van der Waals surface area contributed by atoms with Crippen molar-refractivity contribution in [2.24, 2.45) is 17.4 Å². The summed E-state index contributed by atoms with van der Waals surface area (Å²) in [6, 6.07) is 16.1. The minimum atomic E-state index is -0.554. The predicted molar refractivity (Wildman–Crippen MR) is 86.8 cm³/mol. The van der Waals surface area contributed by atoms with Crippen LogP contribution in [-0.4, -0.2) is 11.8 Å². The number of nitrogens with two attached hydrogens (primary N) is 2. The van der Waals surface area contributed by atoms with E-state index in [2.05, 4.69) is 19.1 Å². The maximum Gasteiger partial charge on any atom is 0.221 e. The van der Waals surface area contributed by atoms with Crippen molar-refractivity contribution in [3.8, 4) is 11.1 Å². The molecule has 2 rings (SSSR count). The third-order valence-corrected chi connectivity index (χ3v) is 3.74. The van der Waals surface area contributed by atoms with E-state index in [4.69, 9.17) is 11.5 Å². The Kier molecular flexibility index (Phi) is 4.94. The van der Waals surface area contributed by atoms with Gasteiger partial charge in [-0.05, 0) is 35.6 Å². The predicted octanol–water partition coefficient (Wildman–Crippen LogP) is 2.18. The zero-order valence-corrected chi connectivity index (χ0v) is 12.6. The standard InChI is InChI=1S/C18H20N2O2/c1-12-4-2-3-5-16(12)14-8-6-13(7-9-14)10-15(18(20)22)11-17(19)21/h2-9,15H,10-11H2,1H3,(H2,19,21)(H2,20,22). The maximum absolute atomic E-state index is 11.4. The molecule has 0 aromatic heterocycles. The molecule has 0 fully saturated rings. The van der Waals surface area contributed by atoms with E-state index in [9.17, 15) is 9.59 Å². The van der Waals surface area contributed by atoms with Gasteiger partial charge in [0.15, 0.2) is 0 Å². The minimum absolute atomic E-state index is 0.0190. The summed E-state index contributed by atoms with van der Waals surface area (Å²) in [7, 11) is 0. The Morgan fingerprint density at radius 3 is 2.18 bits per heavy atom. The van der Waals surface area contributed by atoms with E-state index in [1.807, 2.05) is 36.4 Å². The van der Waals surface area contributed by atoms with Crippen molar-refractivity contribution in [3.05, 3.63) is 59.7 Å². The molecule has 1 atom stereocenters. The third kappa shape index (κ3) is 3.95. The molecular weight excluding hydrogens is 276 g/mol. The number of primary amides is 2. The van der Waals surface area contributed by atoms with Crippen LogP contribution in [0.1, 0.15) is 17.5 Å². The summed E-state index contributed by atoms with van der Waals surface area (Å²) < 4.78 is 0. The van der Waals surface area contributed by atoms with Crippen molar-refractivity contribution in [1.82, 2.24) is 0 Å². The Morgan fingerprint density at radius 1 is 1.00 bits per heavy atom. The second kappa shape index (κ2) is 6.89. The molecule has 2 amide bonds. The first-order valence-corrected chi connectivity index (χ1v) is 7.20. The van der Waals surface area contributed by atoms with Crippen LogP contribution in [0.4, 0.5) is 0 Å². The molecule has 0 aliphatic heterocycles. The summed E-state index contributed by atoms with van der Waals surface area (Å²) in [6.07, 6.45) is 0.404. The van der Waals surface area contributed by atoms with Crippen LogP contribution in [0.25, 0.3) is 11.1 Å². The smallest absolute Gasteiger partial charge is 0.221 e. The number of carbonyl (C=O) groups excluding carboxylic acids is 2. The Morgan fingerprint density at radius 2 is 1.64 bits per heavy atom. The molecule has 0 aliphatic carbocycles. The van der Waals surface area contributed by atoms with Crippen LogP contribution in [0, 0.1) is 12.8 Å². The van der Waals surface area contributed by atoms with E-state index < -0.39 is 17.7 Å². The van der Waals surface area contributed by atoms with Gasteiger partial charge in [0.1, 0.15) is 0 Å². The monoisotopic (exact) mass is 296 g/mol. The molecule has 4 heteroatoms. The highest BCUT2D eigenvalue weighted by Crippen LogP contribution is 2.24. The lowest BCUT2D eigenvalue weighted by Gasteiger charge is -2.12. The van der Waals surface area contributed by atoms with Gasteiger partial charge in [-0.3, -0.25) is 9.59 Å². The number of benzene rings is 2. The van der Waals surface area contributed by atoms with Crippen LogP contribution in [0.15, 0.2) is 48.5 Å². The highest BCUT2D eigenvalue weighted by atomic mass is 16.2. The summed E-state index contributed by atoms with van der Waals surface area (Å²) in [5.41, 5.74) is 14.9. The van der Waals surface area contributed by atoms with Crippen molar-refractivity contribution in [3.63, 3.8) is 0 Å². The lowest BCUT2D eigenvalue weighted by molar-refractivity contribution is -0.126. The fourth-order valence-corrected chi connectivity index (χ4v) is 2.52. The van der Waals surface area contributed by atoms with E-state index >= 15 is 0 Å². The zero-order valence-electron chi connectivity index (χ0n) is 12.6. The molecule has 0 bridgehead atoms. The number of carbonyl (C=O) groups is 2. The number of hydrogen-bond donors (Lipinski definition) is 2. The third-order valence-electron chi connectivity index (χ3n) is 3.74. The van der Waals surface area contributed by atoms with Crippen LogP contribution >= 0.6 is 0 Å². The van der Waals surface area contributed by atoms with Gasteiger partial charge in [-0.1, -0.05) is 48.5 Å². The maximum atomic E-state index is 11.4. The molecule has 22 heavy (non-hydrogen) atoms. The fraction of sp³-hybridized carbons (Fsp3) is 0.222. The average Bonchev–Trinajstić information content (AvgIpc) is 2.47. The first kappa shape index (κ1) is 15.8. The minimum Gasteiger partial charge on any atom is -0.370 e. The molecule has 0 saturated heterocycles. The second-order valence-electron chi connectivity index (χ2n) is 5.49. The molecule has 4 N–H and O–H groups in total. The van der Waals surface area contributed by atoms with E-state index in [-0.39, 0.29) is 6.42 Å². The highest BCUT2D eigenvalue weighted by molar-refractivity contribution is 5.84. The summed E-state index contributed by atoms with van der Waals surface area (Å²) in [5, 5.41) is 0. The van der Waals surface area contributed by atoms with Crippen molar-refractivity contribution < 1.29 is 9.59 Å². The van der Waals surface area contributed by atoms with Crippen LogP contribution in [0.3, 0.4) is 0 Å². The molecule has 0 radical (unpaired) electrons. The van der Waals surface area contributed by atoms with Crippen LogP contribution in [0.2, 0.25) is 0 Å². The summed E-state index contributed by atoms with van der Waals surface area (Å²) >= 11 is 0. The van der Waals surface area contributed by atoms with Crippen LogP contribution < -0.4 is 11.5 Å². The topological polar surface area (TPSA) is 86.2 Å². The molecule has 0 spiro atoms. The van der Waals surface area contributed by atoms with Gasteiger partial charge in [-0.2, -0.15) is 0 Å². The van der Waals surface area contributed by atoms with Crippen LogP contribution in [0.5, 0.6) is 0 Å². The molecule has 0 heterocycles. The molecule has 0 saturated carbocycles. The average molecular weight is 296 g/mol. The molecular formula is C18H20N2O2. The van der Waals surface area contributed by atoms with Gasteiger partial charge in [-0.25, -0.2) is 0 Å². The Balaban J connectivity index is 2.16. The first-order valence-electron chi connectivity index (χ1n) is 7.20. The van der Waals surface area contributed by atoms with Crippen molar-refractivity contribution in [2.45, 2.75) is 19.8 Å². The first-order chi connectivity index (χ1) is 10.5. The van der Waals surface area contributed by atoms with Gasteiger partial charge in [0, 0.05) is 6.42 Å². The van der Waals surface area contributed by atoms with E-state index in [0.29, 0.717) is 6.42 Å². The molecule has 0 aliphatic rings. The van der Waals surface area contributed by atoms with Gasteiger partial charge in [0.25, 0.3) is 0 Å². The number of amides is 2. The quantitative estimate of drug-likeness (QED) is 0.856. The molecule has 114 valence electrons. The Labute approximate surface area is 130 Å². The fourth-order valence-electron chi connectivity index (χ4n) is 2.52. The van der Waals surface area contributed by atoms with Crippen molar-refractivity contribution in [2.75, 3.05) is 0 Å². The van der Waals surface area contributed by atoms with E-state index in [1.54, 1.807) is 0 Å². The summed E-state index contributed by atoms with van der Waals surface area (Å²) in [5.74, 6) is -1.57. The summed E-state index contributed by atoms with van der Waals surface area (Å²) in [6.45, 7) is 2.07. The highest BCUT2D eigenvalue weighted by Gasteiger charge is 2.18. The Bertz CT molecular complexity index is 678. The SMILES string of the molecule is Cc1ccccc1-c1ccc(CC(CC(N)=O)C(N)=O)cc1. The van der Waals surface area contributed by atoms with Crippen molar-refractivity contribution in [1.29, 1.82) is 0 Å². The number of rotatable bonds is 6. The molecule has 2 aromatic carbocycles. The number of aryl methyl sites for hydroxylation is 1. The van der Waals surface area contributed by atoms with Gasteiger partial charge in [-0.15, -0.1) is 0 Å². The zero-order chi connectivity index (χ0) is 16.1.